The van der Waals surface area contributed by atoms with Gasteiger partial charge in [0.2, 0.25) is 23.6 Å². The maximum atomic E-state index is 12.7. The van der Waals surface area contributed by atoms with Crippen molar-refractivity contribution in [3.8, 4) is 0 Å². The fourth-order valence-electron chi connectivity index (χ4n) is 3.62. The molecule has 182 valence electrons. The third-order valence-electron chi connectivity index (χ3n) is 5.48. The van der Waals surface area contributed by atoms with Gasteiger partial charge in [0.15, 0.2) is 0 Å². The smallest absolute Gasteiger partial charge is 0.243 e. The van der Waals surface area contributed by atoms with Gasteiger partial charge in [0, 0.05) is 24.5 Å². The maximum absolute atomic E-state index is 12.7. The molecule has 3 aromatic rings. The van der Waals surface area contributed by atoms with E-state index in [0.717, 1.165) is 22.0 Å². The van der Waals surface area contributed by atoms with Crippen molar-refractivity contribution in [2.75, 3.05) is 0 Å². The van der Waals surface area contributed by atoms with Gasteiger partial charge < -0.3 is 21.7 Å². The van der Waals surface area contributed by atoms with Crippen LogP contribution in [0.3, 0.4) is 0 Å². The van der Waals surface area contributed by atoms with Crippen molar-refractivity contribution in [2.24, 2.45) is 5.73 Å². The van der Waals surface area contributed by atoms with Gasteiger partial charge in [-0.2, -0.15) is 0 Å². The minimum Gasteiger partial charge on any atom is -0.370 e. The number of primary amides is 1. The first-order chi connectivity index (χ1) is 16.8. The van der Waals surface area contributed by atoms with Gasteiger partial charge in [-0.25, -0.2) is 0 Å². The summed E-state index contributed by atoms with van der Waals surface area (Å²) >= 11 is 0. The number of benzene rings is 2. The van der Waals surface area contributed by atoms with Crippen LogP contribution in [0.5, 0.6) is 0 Å². The molecule has 0 unspecified atom stereocenters. The van der Waals surface area contributed by atoms with E-state index in [4.69, 9.17) is 5.73 Å². The summed E-state index contributed by atoms with van der Waals surface area (Å²) in [6.07, 6.45) is 1.95. The minimum atomic E-state index is -1.17. The van der Waals surface area contributed by atoms with Crippen LogP contribution in [-0.2, 0) is 32.1 Å². The topological polar surface area (TPSA) is 143 Å². The fraction of sp³-hybridized carbons (Fsp3) is 0.269. The van der Waals surface area contributed by atoms with E-state index in [9.17, 15) is 19.2 Å². The lowest BCUT2D eigenvalue weighted by Crippen LogP contribution is -2.53. The zero-order chi connectivity index (χ0) is 25.2. The standard InChI is InChI=1S/C26H29N5O4/c1-17(25(34)29-16-19-9-5-11-21-20(19)10-6-14-28-21)30-26(35)22(15-23(27)32)31-24(33)13-12-18-7-3-2-4-8-18/h2-11,14,17,22H,12-13,15-16H2,1H3,(H2,27,32)(H,29,34)(H,30,35)(H,31,33)/t17-,22-/m0/s1. The summed E-state index contributed by atoms with van der Waals surface area (Å²) in [6.45, 7) is 1.78. The Bertz CT molecular complexity index is 1190. The number of pyridine rings is 1. The molecule has 9 nitrogen and oxygen atoms in total. The van der Waals surface area contributed by atoms with E-state index in [0.29, 0.717) is 6.42 Å². The predicted octanol–water partition coefficient (Wildman–Crippen LogP) is 1.35. The van der Waals surface area contributed by atoms with Crippen LogP contribution >= 0.6 is 0 Å². The number of aryl methyl sites for hydroxylation is 1. The summed E-state index contributed by atoms with van der Waals surface area (Å²) in [5.41, 5.74) is 7.95. The van der Waals surface area contributed by atoms with E-state index in [1.54, 1.807) is 6.20 Å². The molecular formula is C26H29N5O4. The van der Waals surface area contributed by atoms with Crippen LogP contribution < -0.4 is 21.7 Å². The summed E-state index contributed by atoms with van der Waals surface area (Å²) in [5, 5.41) is 8.82. The molecule has 0 saturated heterocycles. The van der Waals surface area contributed by atoms with E-state index in [-0.39, 0.29) is 19.4 Å². The van der Waals surface area contributed by atoms with Crippen LogP contribution in [0.2, 0.25) is 0 Å². The molecule has 0 fully saturated rings. The Morgan fingerprint density at radius 1 is 0.914 bits per heavy atom. The van der Waals surface area contributed by atoms with E-state index in [2.05, 4.69) is 20.9 Å². The number of hydrogen-bond donors (Lipinski definition) is 4. The molecule has 1 heterocycles. The average molecular weight is 476 g/mol. The van der Waals surface area contributed by atoms with Gasteiger partial charge >= 0.3 is 0 Å². The van der Waals surface area contributed by atoms with Crippen LogP contribution in [0.15, 0.2) is 66.9 Å². The molecule has 2 atom stereocenters. The van der Waals surface area contributed by atoms with E-state index in [1.807, 2.05) is 60.7 Å². The lowest BCUT2D eigenvalue weighted by atomic mass is 10.1. The maximum Gasteiger partial charge on any atom is 0.243 e. The Hall–Kier alpha value is -4.27. The van der Waals surface area contributed by atoms with Crippen LogP contribution in [0.25, 0.3) is 10.9 Å². The minimum absolute atomic E-state index is 0.141. The van der Waals surface area contributed by atoms with Gasteiger partial charge in [-0.05, 0) is 36.6 Å². The number of carbonyl (C=O) groups is 4. The number of amides is 4. The fourth-order valence-corrected chi connectivity index (χ4v) is 3.62. The number of hydrogen-bond acceptors (Lipinski definition) is 5. The number of carbonyl (C=O) groups excluding carboxylic acids is 4. The number of aromatic nitrogens is 1. The second-order valence-corrected chi connectivity index (χ2v) is 8.21. The molecule has 9 heteroatoms. The third-order valence-corrected chi connectivity index (χ3v) is 5.48. The van der Waals surface area contributed by atoms with E-state index >= 15 is 0 Å². The van der Waals surface area contributed by atoms with Crippen molar-refractivity contribution in [3.63, 3.8) is 0 Å². The Balaban J connectivity index is 1.54. The molecule has 0 radical (unpaired) electrons. The van der Waals surface area contributed by atoms with Crippen molar-refractivity contribution >= 4 is 34.5 Å². The first-order valence-corrected chi connectivity index (χ1v) is 11.4. The highest BCUT2D eigenvalue weighted by molar-refractivity contribution is 5.94. The van der Waals surface area contributed by atoms with Crippen LogP contribution in [0.1, 0.15) is 30.9 Å². The zero-order valence-corrected chi connectivity index (χ0v) is 19.5. The lowest BCUT2D eigenvalue weighted by Gasteiger charge is -2.20. The highest BCUT2D eigenvalue weighted by Gasteiger charge is 2.26. The predicted molar refractivity (Wildman–Crippen MR) is 132 cm³/mol. The molecular weight excluding hydrogens is 446 g/mol. The van der Waals surface area contributed by atoms with Crippen LogP contribution in [0, 0.1) is 0 Å². The van der Waals surface area contributed by atoms with Crippen molar-refractivity contribution in [1.29, 1.82) is 0 Å². The monoisotopic (exact) mass is 475 g/mol. The summed E-state index contributed by atoms with van der Waals surface area (Å²) in [4.78, 5) is 53.5. The van der Waals surface area contributed by atoms with Crippen molar-refractivity contribution in [2.45, 2.75) is 44.8 Å². The lowest BCUT2D eigenvalue weighted by molar-refractivity contribution is -0.133. The number of nitrogens with zero attached hydrogens (tertiary/aromatic N) is 1. The van der Waals surface area contributed by atoms with Gasteiger partial charge in [-0.1, -0.05) is 48.5 Å². The van der Waals surface area contributed by atoms with Gasteiger partial charge in [-0.15, -0.1) is 0 Å². The summed E-state index contributed by atoms with van der Waals surface area (Å²) in [5.74, 6) is -2.20. The van der Waals surface area contributed by atoms with Crippen molar-refractivity contribution in [3.05, 3.63) is 78.0 Å². The molecule has 0 saturated carbocycles. The molecule has 0 bridgehead atoms. The molecule has 3 rings (SSSR count). The SMILES string of the molecule is C[C@H](NC(=O)[C@H](CC(N)=O)NC(=O)CCc1ccccc1)C(=O)NCc1cccc2ncccc12. The molecule has 0 aliphatic heterocycles. The van der Waals surface area contributed by atoms with E-state index < -0.39 is 35.7 Å². The number of fused-ring (bicyclic) bond motifs is 1. The third kappa shape index (κ3) is 7.63. The van der Waals surface area contributed by atoms with Gasteiger partial charge in [0.05, 0.1) is 11.9 Å². The molecule has 4 amide bonds. The Morgan fingerprint density at radius 3 is 2.43 bits per heavy atom. The highest BCUT2D eigenvalue weighted by atomic mass is 16.2. The Labute approximate surface area is 203 Å². The highest BCUT2D eigenvalue weighted by Crippen LogP contribution is 2.16. The van der Waals surface area contributed by atoms with E-state index in [1.165, 1.54) is 6.92 Å². The normalized spacial score (nSPS) is 12.4. The zero-order valence-electron chi connectivity index (χ0n) is 19.5. The molecule has 1 aromatic heterocycles. The second-order valence-electron chi connectivity index (χ2n) is 8.21. The first-order valence-electron chi connectivity index (χ1n) is 11.4. The molecule has 0 aliphatic carbocycles. The largest absolute Gasteiger partial charge is 0.370 e. The van der Waals surface area contributed by atoms with Gasteiger partial charge in [0.25, 0.3) is 0 Å². The average Bonchev–Trinajstić information content (AvgIpc) is 2.85. The first kappa shape index (κ1) is 25.4. The summed E-state index contributed by atoms with van der Waals surface area (Å²) < 4.78 is 0. The Morgan fingerprint density at radius 2 is 1.69 bits per heavy atom. The molecule has 0 spiro atoms. The van der Waals surface area contributed by atoms with Gasteiger partial charge in [0.1, 0.15) is 12.1 Å². The van der Waals surface area contributed by atoms with Crippen molar-refractivity contribution in [1.82, 2.24) is 20.9 Å². The van der Waals surface area contributed by atoms with Crippen molar-refractivity contribution < 1.29 is 19.2 Å². The van der Waals surface area contributed by atoms with Gasteiger partial charge in [-0.3, -0.25) is 24.2 Å². The number of rotatable bonds is 11. The summed E-state index contributed by atoms with van der Waals surface area (Å²) in [6, 6.07) is 16.7. The Kier molecular flexibility index (Phi) is 8.89. The number of nitrogens with one attached hydrogen (secondary N) is 3. The quantitative estimate of drug-likeness (QED) is 0.331. The van der Waals surface area contributed by atoms with Crippen LogP contribution in [0.4, 0.5) is 0 Å². The molecule has 5 N–H and O–H groups in total. The second kappa shape index (κ2) is 12.3. The molecule has 0 aliphatic rings. The number of nitrogens with two attached hydrogens (primary N) is 1. The molecule has 35 heavy (non-hydrogen) atoms. The van der Waals surface area contributed by atoms with Crippen LogP contribution in [-0.4, -0.2) is 40.7 Å². The molecule has 2 aromatic carbocycles. The summed E-state index contributed by atoms with van der Waals surface area (Å²) in [7, 11) is 0.